The Morgan fingerprint density at radius 3 is 2.31 bits per heavy atom. The van der Waals surface area contributed by atoms with Crippen molar-refractivity contribution in [2.24, 2.45) is 0 Å². The van der Waals surface area contributed by atoms with Gasteiger partial charge in [-0.25, -0.2) is 17.6 Å². The molecule has 8 heteroatoms. The van der Waals surface area contributed by atoms with Crippen LogP contribution in [0.5, 0.6) is 0 Å². The molecule has 0 aliphatic carbocycles. The number of hydrogen-bond acceptors (Lipinski definition) is 3. The van der Waals surface area contributed by atoms with Crippen LogP contribution in [0.15, 0.2) is 59.5 Å². The van der Waals surface area contributed by atoms with Gasteiger partial charge >= 0.3 is 6.03 Å². The van der Waals surface area contributed by atoms with E-state index < -0.39 is 15.8 Å². The highest BCUT2D eigenvalue weighted by Gasteiger charge is 2.30. The fraction of sp³-hybridized carbons (Fsp3) is 0.296. The number of urea groups is 1. The van der Waals surface area contributed by atoms with Crippen LogP contribution in [0.25, 0.3) is 0 Å². The molecule has 4 rings (SSSR count). The number of anilines is 2. The molecule has 1 saturated heterocycles. The molecule has 1 N–H and O–H groups in total. The van der Waals surface area contributed by atoms with Crippen molar-refractivity contribution in [1.29, 1.82) is 0 Å². The lowest BCUT2D eigenvalue weighted by Crippen LogP contribution is -2.49. The van der Waals surface area contributed by atoms with Crippen LogP contribution in [0.4, 0.5) is 20.6 Å². The van der Waals surface area contributed by atoms with Crippen LogP contribution in [0.2, 0.25) is 0 Å². The predicted molar refractivity (Wildman–Crippen MR) is 137 cm³/mol. The minimum Gasteiger partial charge on any atom is -0.320 e. The lowest BCUT2D eigenvalue weighted by molar-refractivity contribution is 0.192. The number of hydrogen-bond donors (Lipinski definition) is 1. The molecule has 3 aromatic carbocycles. The van der Waals surface area contributed by atoms with Crippen molar-refractivity contribution in [1.82, 2.24) is 4.90 Å². The molecule has 1 aliphatic rings. The Morgan fingerprint density at radius 1 is 0.886 bits per heavy atom. The van der Waals surface area contributed by atoms with E-state index in [0.29, 0.717) is 30.9 Å². The minimum absolute atomic E-state index is 0.172. The Bertz CT molecular complexity index is 1390. The van der Waals surface area contributed by atoms with Crippen LogP contribution in [0.1, 0.15) is 34.2 Å². The van der Waals surface area contributed by atoms with Gasteiger partial charge in [0.05, 0.1) is 16.3 Å². The maximum atomic E-state index is 14.1. The number of aryl methyl sites for hydroxylation is 4. The smallest absolute Gasteiger partial charge is 0.320 e. The van der Waals surface area contributed by atoms with E-state index in [1.54, 1.807) is 28.9 Å². The minimum atomic E-state index is -4.06. The van der Waals surface area contributed by atoms with Crippen LogP contribution < -0.4 is 9.62 Å². The normalized spacial score (nSPS) is 14.4. The second kappa shape index (κ2) is 9.70. The number of amides is 2. The molecule has 0 atom stereocenters. The lowest BCUT2D eigenvalue weighted by Gasteiger charge is -2.37. The molecule has 184 valence electrons. The summed E-state index contributed by atoms with van der Waals surface area (Å²) in [6, 6.07) is 15.1. The summed E-state index contributed by atoms with van der Waals surface area (Å²) in [6.07, 6.45) is 0.750. The van der Waals surface area contributed by atoms with Crippen molar-refractivity contribution < 1.29 is 17.6 Å². The van der Waals surface area contributed by atoms with Gasteiger partial charge in [0.15, 0.2) is 0 Å². The van der Waals surface area contributed by atoms with E-state index in [-0.39, 0.29) is 16.6 Å². The van der Waals surface area contributed by atoms with Gasteiger partial charge in [0, 0.05) is 19.6 Å². The van der Waals surface area contributed by atoms with Crippen molar-refractivity contribution in [2.75, 3.05) is 22.7 Å². The standard InChI is InChI=1S/C27H30FN3O3S/c1-18-6-8-20(3)22(14-18)17-30-12-5-13-31(27(30)32)26-11-7-19(2)15-25(26)29-35(33,34)23-10-9-21(4)24(28)16-23/h6-11,14-16,29H,5,12-13,17H2,1-4H3. The molecule has 1 fully saturated rings. The average molecular weight is 496 g/mol. The first-order valence-electron chi connectivity index (χ1n) is 11.6. The van der Waals surface area contributed by atoms with Gasteiger partial charge in [0.25, 0.3) is 10.0 Å². The molecule has 1 heterocycles. The lowest BCUT2D eigenvalue weighted by atomic mass is 10.0. The monoisotopic (exact) mass is 495 g/mol. The summed E-state index contributed by atoms with van der Waals surface area (Å²) in [5, 5.41) is 0. The van der Waals surface area contributed by atoms with Crippen molar-refractivity contribution in [2.45, 2.75) is 45.6 Å². The topological polar surface area (TPSA) is 69.7 Å². The van der Waals surface area contributed by atoms with E-state index in [4.69, 9.17) is 0 Å². The Balaban J connectivity index is 1.64. The summed E-state index contributed by atoms with van der Waals surface area (Å²) < 4.78 is 42.8. The van der Waals surface area contributed by atoms with Crippen LogP contribution >= 0.6 is 0 Å². The molecule has 6 nitrogen and oxygen atoms in total. The van der Waals surface area contributed by atoms with E-state index in [0.717, 1.165) is 34.7 Å². The third kappa shape index (κ3) is 5.32. The Labute approximate surface area is 206 Å². The first-order valence-corrected chi connectivity index (χ1v) is 13.1. The van der Waals surface area contributed by atoms with Gasteiger partial charge in [-0.3, -0.25) is 9.62 Å². The summed E-state index contributed by atoms with van der Waals surface area (Å²) in [6.45, 7) is 9.05. The molecule has 0 bridgehead atoms. The van der Waals surface area contributed by atoms with Gasteiger partial charge in [0.2, 0.25) is 0 Å². The molecule has 2 amide bonds. The quantitative estimate of drug-likeness (QED) is 0.477. The first-order chi connectivity index (χ1) is 16.5. The highest BCUT2D eigenvalue weighted by molar-refractivity contribution is 7.92. The third-order valence-electron chi connectivity index (χ3n) is 6.32. The molecule has 1 aliphatic heterocycles. The fourth-order valence-corrected chi connectivity index (χ4v) is 5.32. The van der Waals surface area contributed by atoms with Crippen molar-refractivity contribution in [3.63, 3.8) is 0 Å². The zero-order valence-electron chi connectivity index (χ0n) is 20.4. The zero-order chi connectivity index (χ0) is 25.3. The number of benzene rings is 3. The molecule has 3 aromatic rings. The van der Waals surface area contributed by atoms with Crippen molar-refractivity contribution in [3.8, 4) is 0 Å². The number of nitrogens with zero attached hydrogens (tertiary/aromatic N) is 2. The third-order valence-corrected chi connectivity index (χ3v) is 7.68. The van der Waals surface area contributed by atoms with Gasteiger partial charge in [0.1, 0.15) is 5.82 Å². The van der Waals surface area contributed by atoms with E-state index >= 15 is 0 Å². The Hall–Kier alpha value is -3.39. The van der Waals surface area contributed by atoms with Crippen LogP contribution in [0, 0.1) is 33.5 Å². The number of carbonyl (C=O) groups excluding carboxylic acids is 1. The van der Waals surface area contributed by atoms with Gasteiger partial charge in [-0.15, -0.1) is 0 Å². The molecule has 0 spiro atoms. The number of rotatable bonds is 6. The number of halogens is 1. The number of sulfonamides is 1. The highest BCUT2D eigenvalue weighted by Crippen LogP contribution is 2.32. The Kier molecular flexibility index (Phi) is 6.85. The molecule has 0 saturated carbocycles. The summed E-state index contributed by atoms with van der Waals surface area (Å²) in [7, 11) is -4.06. The van der Waals surface area contributed by atoms with Crippen molar-refractivity contribution in [3.05, 3.63) is 88.2 Å². The molecular weight excluding hydrogens is 465 g/mol. The summed E-state index contributed by atoms with van der Waals surface area (Å²) in [5.74, 6) is -0.592. The number of carbonyl (C=O) groups is 1. The average Bonchev–Trinajstić information content (AvgIpc) is 2.79. The van der Waals surface area contributed by atoms with Gasteiger partial charge in [-0.2, -0.15) is 0 Å². The fourth-order valence-electron chi connectivity index (χ4n) is 4.24. The summed E-state index contributed by atoms with van der Waals surface area (Å²) in [5.41, 5.74) is 5.30. The summed E-state index contributed by atoms with van der Waals surface area (Å²) >= 11 is 0. The van der Waals surface area contributed by atoms with Crippen LogP contribution in [-0.4, -0.2) is 32.4 Å². The van der Waals surface area contributed by atoms with Crippen LogP contribution in [0.3, 0.4) is 0 Å². The molecule has 0 aromatic heterocycles. The SMILES string of the molecule is Cc1ccc(C)c(CN2CCCN(c3ccc(C)cc3NS(=O)(=O)c3ccc(C)c(F)c3)C2=O)c1. The van der Waals surface area contributed by atoms with E-state index in [2.05, 4.69) is 16.9 Å². The Morgan fingerprint density at radius 2 is 1.57 bits per heavy atom. The maximum Gasteiger partial charge on any atom is 0.324 e. The highest BCUT2D eigenvalue weighted by atomic mass is 32.2. The molecule has 0 radical (unpaired) electrons. The zero-order valence-corrected chi connectivity index (χ0v) is 21.2. The molecular formula is C27H30FN3O3S. The maximum absolute atomic E-state index is 14.1. The first kappa shape index (κ1) is 24.7. The second-order valence-corrected chi connectivity index (χ2v) is 10.9. The van der Waals surface area contributed by atoms with Crippen molar-refractivity contribution >= 4 is 27.4 Å². The van der Waals surface area contributed by atoms with Gasteiger partial charge in [-0.05, 0) is 80.6 Å². The molecule has 0 unspecified atom stereocenters. The predicted octanol–water partition coefficient (Wildman–Crippen LogP) is 5.69. The van der Waals surface area contributed by atoms with E-state index in [1.807, 2.05) is 32.9 Å². The largest absolute Gasteiger partial charge is 0.324 e. The van der Waals surface area contributed by atoms with Gasteiger partial charge in [-0.1, -0.05) is 35.9 Å². The van der Waals surface area contributed by atoms with Gasteiger partial charge < -0.3 is 4.90 Å². The summed E-state index contributed by atoms with van der Waals surface area (Å²) in [4.78, 5) is 16.7. The van der Waals surface area contributed by atoms with Crippen LogP contribution in [-0.2, 0) is 16.6 Å². The second-order valence-electron chi connectivity index (χ2n) is 9.18. The van der Waals surface area contributed by atoms with E-state index in [9.17, 15) is 17.6 Å². The van der Waals surface area contributed by atoms with E-state index in [1.165, 1.54) is 12.1 Å². The number of nitrogens with one attached hydrogen (secondary N) is 1. The molecule has 35 heavy (non-hydrogen) atoms.